The molecular weight excluding hydrogens is 246 g/mol. The molecule has 1 heterocycles. The van der Waals surface area contributed by atoms with Crippen molar-refractivity contribution in [2.75, 3.05) is 6.54 Å². The van der Waals surface area contributed by atoms with Crippen LogP contribution in [0, 0.1) is 13.8 Å². The molecule has 0 saturated carbocycles. The molecule has 0 aliphatic carbocycles. The van der Waals surface area contributed by atoms with Crippen molar-refractivity contribution in [2.24, 2.45) is 0 Å². The molecule has 2 N–H and O–H groups in total. The number of carbonyl (C=O) groups excluding carboxylic acids is 1. The van der Waals surface area contributed by atoms with Crippen molar-refractivity contribution in [3.05, 3.63) is 47.1 Å². The van der Waals surface area contributed by atoms with E-state index in [2.05, 4.69) is 15.5 Å². The molecule has 6 nitrogen and oxygen atoms in total. The first-order valence-corrected chi connectivity index (χ1v) is 5.89. The number of amides is 1. The van der Waals surface area contributed by atoms with Crippen LogP contribution in [0.1, 0.15) is 33.7 Å². The number of nitrogens with one attached hydrogen (secondary N) is 1. The lowest BCUT2D eigenvalue weighted by Crippen LogP contribution is -2.29. The quantitative estimate of drug-likeness (QED) is 0.862. The molecule has 2 rings (SSSR count). The van der Waals surface area contributed by atoms with Gasteiger partial charge in [0.1, 0.15) is 0 Å². The van der Waals surface area contributed by atoms with Gasteiger partial charge in [0.15, 0.2) is 0 Å². The molecule has 0 aliphatic rings. The first-order valence-electron chi connectivity index (χ1n) is 5.89. The number of aryl methyl sites for hydroxylation is 2. The minimum atomic E-state index is -0.767. The van der Waals surface area contributed by atoms with Crippen LogP contribution < -0.4 is 5.32 Å². The number of carbonyl (C=O) groups is 1. The average molecular weight is 261 g/mol. The Balaban J connectivity index is 1.93. The number of aromatic nitrogens is 2. The third-order valence-corrected chi connectivity index (χ3v) is 2.61. The largest absolute Gasteiger partial charge is 0.387 e. The molecule has 1 aromatic carbocycles. The smallest absolute Gasteiger partial charge is 0.292 e. The predicted octanol–water partition coefficient (Wildman–Crippen LogP) is 1.15. The van der Waals surface area contributed by atoms with Crippen molar-refractivity contribution in [3.8, 4) is 0 Å². The normalized spacial score (nSPS) is 12.2. The molecule has 0 fully saturated rings. The molecule has 0 bridgehead atoms. The highest BCUT2D eigenvalue weighted by Crippen LogP contribution is 2.13. The second-order valence-electron chi connectivity index (χ2n) is 4.28. The van der Waals surface area contributed by atoms with Crippen LogP contribution in [-0.2, 0) is 0 Å². The number of hydrogen-bond donors (Lipinski definition) is 2. The van der Waals surface area contributed by atoms with Crippen molar-refractivity contribution in [1.82, 2.24) is 15.5 Å². The van der Waals surface area contributed by atoms with Crippen LogP contribution in [0.4, 0.5) is 0 Å². The van der Waals surface area contributed by atoms with Crippen LogP contribution in [0.15, 0.2) is 28.8 Å². The SMILES string of the molecule is Cc1cccc(C(O)CNC(=O)c2noc(C)n2)c1. The summed E-state index contributed by atoms with van der Waals surface area (Å²) in [5.41, 5.74) is 1.81. The van der Waals surface area contributed by atoms with E-state index in [0.717, 1.165) is 11.1 Å². The number of benzene rings is 1. The molecular formula is C13H15N3O3. The highest BCUT2D eigenvalue weighted by atomic mass is 16.5. The fraction of sp³-hybridized carbons (Fsp3) is 0.308. The van der Waals surface area contributed by atoms with E-state index in [4.69, 9.17) is 4.52 Å². The molecule has 1 atom stereocenters. The zero-order chi connectivity index (χ0) is 13.8. The second-order valence-corrected chi connectivity index (χ2v) is 4.28. The maximum absolute atomic E-state index is 11.7. The highest BCUT2D eigenvalue weighted by molar-refractivity contribution is 5.90. The van der Waals surface area contributed by atoms with Crippen molar-refractivity contribution in [2.45, 2.75) is 20.0 Å². The minimum absolute atomic E-state index is 0.0334. The molecule has 1 unspecified atom stereocenters. The molecule has 19 heavy (non-hydrogen) atoms. The van der Waals surface area contributed by atoms with Crippen molar-refractivity contribution < 1.29 is 14.4 Å². The van der Waals surface area contributed by atoms with Crippen molar-refractivity contribution in [3.63, 3.8) is 0 Å². The highest BCUT2D eigenvalue weighted by Gasteiger charge is 2.15. The summed E-state index contributed by atoms with van der Waals surface area (Å²) in [6.07, 6.45) is -0.767. The van der Waals surface area contributed by atoms with Gasteiger partial charge in [-0.25, -0.2) is 0 Å². The summed E-state index contributed by atoms with van der Waals surface area (Å²) >= 11 is 0. The van der Waals surface area contributed by atoms with Crippen LogP contribution in [0.25, 0.3) is 0 Å². The Labute approximate surface area is 110 Å². The lowest BCUT2D eigenvalue weighted by atomic mass is 10.1. The fourth-order valence-corrected chi connectivity index (χ4v) is 1.66. The Kier molecular flexibility index (Phi) is 3.91. The minimum Gasteiger partial charge on any atom is -0.387 e. The summed E-state index contributed by atoms with van der Waals surface area (Å²) in [7, 11) is 0. The number of nitrogens with zero attached hydrogens (tertiary/aromatic N) is 2. The van der Waals surface area contributed by atoms with Gasteiger partial charge in [-0.15, -0.1) is 0 Å². The molecule has 1 amide bonds. The van der Waals surface area contributed by atoms with Gasteiger partial charge in [0.25, 0.3) is 11.7 Å². The molecule has 0 spiro atoms. The van der Waals surface area contributed by atoms with Gasteiger partial charge in [0, 0.05) is 13.5 Å². The van der Waals surface area contributed by atoms with E-state index in [-0.39, 0.29) is 12.4 Å². The predicted molar refractivity (Wildman–Crippen MR) is 67.5 cm³/mol. The maximum atomic E-state index is 11.7. The van der Waals surface area contributed by atoms with E-state index in [9.17, 15) is 9.90 Å². The summed E-state index contributed by atoms with van der Waals surface area (Å²) in [6, 6.07) is 7.48. The zero-order valence-electron chi connectivity index (χ0n) is 10.8. The summed E-state index contributed by atoms with van der Waals surface area (Å²) in [5.74, 6) is -0.179. The third kappa shape index (κ3) is 3.38. The van der Waals surface area contributed by atoms with Crippen molar-refractivity contribution >= 4 is 5.91 Å². The van der Waals surface area contributed by atoms with E-state index in [1.807, 2.05) is 31.2 Å². The lowest BCUT2D eigenvalue weighted by Gasteiger charge is -2.11. The van der Waals surface area contributed by atoms with E-state index >= 15 is 0 Å². The topological polar surface area (TPSA) is 88.2 Å². The number of aliphatic hydroxyl groups is 1. The molecule has 0 saturated heterocycles. The summed E-state index contributed by atoms with van der Waals surface area (Å²) < 4.78 is 4.71. The van der Waals surface area contributed by atoms with Crippen LogP contribution in [0.3, 0.4) is 0 Å². The summed E-state index contributed by atoms with van der Waals surface area (Å²) in [5, 5.41) is 16.0. The Morgan fingerprint density at radius 2 is 2.26 bits per heavy atom. The molecule has 0 aliphatic heterocycles. The maximum Gasteiger partial charge on any atom is 0.292 e. The second kappa shape index (κ2) is 5.62. The van der Waals surface area contributed by atoms with Crippen molar-refractivity contribution in [1.29, 1.82) is 0 Å². The van der Waals surface area contributed by atoms with Gasteiger partial charge < -0.3 is 14.9 Å². The standard InChI is InChI=1S/C13H15N3O3/c1-8-4-3-5-10(6-8)11(17)7-14-13(18)12-15-9(2)19-16-12/h3-6,11,17H,7H2,1-2H3,(H,14,18). The number of rotatable bonds is 4. The van der Waals surface area contributed by atoms with Crippen LogP contribution >= 0.6 is 0 Å². The van der Waals surface area contributed by atoms with Gasteiger partial charge >= 0.3 is 0 Å². The zero-order valence-corrected chi connectivity index (χ0v) is 10.8. The molecule has 2 aromatic rings. The van der Waals surface area contributed by atoms with Gasteiger partial charge in [0.05, 0.1) is 6.10 Å². The molecule has 1 aromatic heterocycles. The van der Waals surface area contributed by atoms with E-state index in [0.29, 0.717) is 5.89 Å². The summed E-state index contributed by atoms with van der Waals surface area (Å²) in [4.78, 5) is 15.5. The average Bonchev–Trinajstić information content (AvgIpc) is 2.82. The first kappa shape index (κ1) is 13.2. The Morgan fingerprint density at radius 1 is 1.47 bits per heavy atom. The van der Waals surface area contributed by atoms with E-state index in [1.165, 1.54) is 0 Å². The third-order valence-electron chi connectivity index (χ3n) is 2.61. The number of aliphatic hydroxyl groups excluding tert-OH is 1. The monoisotopic (exact) mass is 261 g/mol. The van der Waals surface area contributed by atoms with Gasteiger partial charge in [-0.3, -0.25) is 4.79 Å². The lowest BCUT2D eigenvalue weighted by molar-refractivity contribution is 0.0903. The fourth-order valence-electron chi connectivity index (χ4n) is 1.66. The van der Waals surface area contributed by atoms with E-state index < -0.39 is 12.0 Å². The Bertz CT molecular complexity index is 580. The van der Waals surface area contributed by atoms with E-state index in [1.54, 1.807) is 6.92 Å². The van der Waals surface area contributed by atoms with Gasteiger partial charge in [-0.1, -0.05) is 35.0 Å². The van der Waals surface area contributed by atoms with Gasteiger partial charge in [-0.05, 0) is 12.5 Å². The molecule has 0 radical (unpaired) electrons. The molecule has 6 heteroatoms. The van der Waals surface area contributed by atoms with Crippen LogP contribution in [-0.4, -0.2) is 27.7 Å². The number of hydrogen-bond acceptors (Lipinski definition) is 5. The van der Waals surface area contributed by atoms with Crippen LogP contribution in [0.2, 0.25) is 0 Å². The van der Waals surface area contributed by atoms with Crippen LogP contribution in [0.5, 0.6) is 0 Å². The molecule has 100 valence electrons. The van der Waals surface area contributed by atoms with Gasteiger partial charge in [-0.2, -0.15) is 4.98 Å². The van der Waals surface area contributed by atoms with Gasteiger partial charge in [0.2, 0.25) is 5.89 Å². The Morgan fingerprint density at radius 3 is 2.89 bits per heavy atom. The summed E-state index contributed by atoms with van der Waals surface area (Å²) in [6.45, 7) is 3.64. The first-order chi connectivity index (χ1) is 9.06. The Hall–Kier alpha value is -2.21.